The molecule has 0 radical (unpaired) electrons. The number of fused-ring (bicyclic) bond motifs is 2. The van der Waals surface area contributed by atoms with Crippen molar-refractivity contribution >= 4 is 21.5 Å². The molecular formula is C44H46N2. The van der Waals surface area contributed by atoms with Crippen molar-refractivity contribution in [1.82, 2.24) is 10.6 Å². The largest absolute Gasteiger partial charge is 0.307 e. The first kappa shape index (κ1) is 30.4. The Balaban J connectivity index is 0.000000147. The molecule has 8 rings (SSSR count). The van der Waals surface area contributed by atoms with Crippen LogP contribution in [0.1, 0.15) is 85.7 Å². The van der Waals surface area contributed by atoms with Gasteiger partial charge in [0.15, 0.2) is 0 Å². The molecule has 0 saturated heterocycles. The van der Waals surface area contributed by atoms with Crippen molar-refractivity contribution in [3.63, 3.8) is 0 Å². The van der Waals surface area contributed by atoms with Crippen molar-refractivity contribution in [2.24, 2.45) is 0 Å². The summed E-state index contributed by atoms with van der Waals surface area (Å²) in [5.74, 6) is 1.46. The molecule has 232 valence electrons. The maximum absolute atomic E-state index is 3.82. The SMILES string of the molecule is C[C@@H](NC1CC(c2ccccc2)C1)c1cccc2ccccc12.C[C@@H](NC1CC(c2ccccc2)C1)c1cccc2ccccc12. The van der Waals surface area contributed by atoms with Crippen LogP contribution in [0.25, 0.3) is 21.5 Å². The third-order valence-corrected chi connectivity index (χ3v) is 10.4. The van der Waals surface area contributed by atoms with Gasteiger partial charge >= 0.3 is 0 Å². The van der Waals surface area contributed by atoms with E-state index in [2.05, 4.69) is 170 Å². The molecule has 2 saturated carbocycles. The minimum absolute atomic E-state index is 0.392. The average molecular weight is 603 g/mol. The van der Waals surface area contributed by atoms with Crippen molar-refractivity contribution in [1.29, 1.82) is 0 Å². The third-order valence-electron chi connectivity index (χ3n) is 10.4. The van der Waals surface area contributed by atoms with Crippen LogP contribution in [0.2, 0.25) is 0 Å². The Bertz CT molecular complexity index is 1700. The highest BCUT2D eigenvalue weighted by Crippen LogP contribution is 2.39. The maximum atomic E-state index is 3.82. The van der Waals surface area contributed by atoms with Gasteiger partial charge in [-0.05, 0) is 95.2 Å². The summed E-state index contributed by atoms with van der Waals surface area (Å²) in [7, 11) is 0. The minimum atomic E-state index is 0.392. The molecule has 0 amide bonds. The molecule has 2 N–H and O–H groups in total. The minimum Gasteiger partial charge on any atom is -0.307 e. The third kappa shape index (κ3) is 6.79. The molecule has 2 heteroatoms. The molecule has 0 unspecified atom stereocenters. The van der Waals surface area contributed by atoms with Gasteiger partial charge in [-0.3, -0.25) is 0 Å². The van der Waals surface area contributed by atoms with E-state index in [9.17, 15) is 0 Å². The monoisotopic (exact) mass is 602 g/mol. The van der Waals surface area contributed by atoms with Crippen molar-refractivity contribution < 1.29 is 0 Å². The van der Waals surface area contributed by atoms with Crippen LogP contribution in [0.4, 0.5) is 0 Å². The van der Waals surface area contributed by atoms with Gasteiger partial charge in [-0.15, -0.1) is 0 Å². The number of hydrogen-bond acceptors (Lipinski definition) is 2. The summed E-state index contributed by atoms with van der Waals surface area (Å²) < 4.78 is 0. The fourth-order valence-corrected chi connectivity index (χ4v) is 7.65. The molecule has 0 heterocycles. The van der Waals surface area contributed by atoms with Crippen molar-refractivity contribution in [2.75, 3.05) is 0 Å². The molecule has 0 spiro atoms. The second-order valence-corrected chi connectivity index (χ2v) is 13.5. The van der Waals surface area contributed by atoms with Gasteiger partial charge in [0.1, 0.15) is 0 Å². The Kier molecular flexibility index (Phi) is 9.28. The quantitative estimate of drug-likeness (QED) is 0.181. The lowest BCUT2D eigenvalue weighted by Crippen LogP contribution is -2.41. The van der Waals surface area contributed by atoms with E-state index in [1.54, 1.807) is 0 Å². The standard InChI is InChI=1S/2C22H23N/c2*1-16(21-13-7-11-18-10-5-6-12-22(18)21)23-20-14-19(15-20)17-8-3-2-4-9-17/h2*2-13,16,19-20,23H,14-15H2,1H3/t2*16-,19?,20?/m11/s1. The first-order valence-corrected chi connectivity index (χ1v) is 17.2. The lowest BCUT2D eigenvalue weighted by molar-refractivity contribution is 0.271. The van der Waals surface area contributed by atoms with Crippen LogP contribution in [-0.4, -0.2) is 12.1 Å². The van der Waals surface area contributed by atoms with Gasteiger partial charge in [0, 0.05) is 24.2 Å². The molecular weight excluding hydrogens is 556 g/mol. The van der Waals surface area contributed by atoms with E-state index in [1.807, 2.05) is 0 Å². The molecule has 6 aromatic carbocycles. The summed E-state index contributed by atoms with van der Waals surface area (Å²) >= 11 is 0. The molecule has 6 aromatic rings. The number of benzene rings is 6. The van der Waals surface area contributed by atoms with Crippen LogP contribution in [-0.2, 0) is 0 Å². The fourth-order valence-electron chi connectivity index (χ4n) is 7.65. The molecule has 2 aliphatic rings. The summed E-state index contributed by atoms with van der Waals surface area (Å²) in [5.41, 5.74) is 5.80. The summed E-state index contributed by atoms with van der Waals surface area (Å²) in [6.07, 6.45) is 5.00. The second-order valence-electron chi connectivity index (χ2n) is 13.5. The zero-order valence-electron chi connectivity index (χ0n) is 27.1. The second kappa shape index (κ2) is 14.0. The van der Waals surface area contributed by atoms with E-state index in [0.29, 0.717) is 24.2 Å². The Labute approximate surface area is 274 Å². The Hall–Kier alpha value is -4.24. The van der Waals surface area contributed by atoms with E-state index in [4.69, 9.17) is 0 Å². The van der Waals surface area contributed by atoms with Gasteiger partial charge in [0.25, 0.3) is 0 Å². The van der Waals surface area contributed by atoms with Gasteiger partial charge in [-0.2, -0.15) is 0 Å². The lowest BCUT2D eigenvalue weighted by atomic mass is 9.75. The molecule has 2 nitrogen and oxygen atoms in total. The molecule has 2 fully saturated rings. The van der Waals surface area contributed by atoms with Gasteiger partial charge in [0.05, 0.1) is 0 Å². The van der Waals surface area contributed by atoms with E-state index >= 15 is 0 Å². The van der Waals surface area contributed by atoms with Crippen molar-refractivity contribution in [2.45, 2.75) is 75.5 Å². The molecule has 2 aliphatic carbocycles. The van der Waals surface area contributed by atoms with E-state index in [-0.39, 0.29) is 0 Å². The Morgan fingerprint density at radius 1 is 0.413 bits per heavy atom. The Morgan fingerprint density at radius 3 is 1.17 bits per heavy atom. The zero-order valence-corrected chi connectivity index (χ0v) is 27.1. The van der Waals surface area contributed by atoms with Crippen LogP contribution in [0.3, 0.4) is 0 Å². The molecule has 46 heavy (non-hydrogen) atoms. The number of hydrogen-bond donors (Lipinski definition) is 2. The van der Waals surface area contributed by atoms with Gasteiger partial charge in [-0.1, -0.05) is 146 Å². The zero-order chi connectivity index (χ0) is 31.3. The fraction of sp³-hybridized carbons (Fsp3) is 0.273. The topological polar surface area (TPSA) is 24.1 Å². The lowest BCUT2D eigenvalue weighted by Gasteiger charge is -2.38. The van der Waals surface area contributed by atoms with Crippen LogP contribution < -0.4 is 10.6 Å². The van der Waals surface area contributed by atoms with Gasteiger partial charge in [-0.25, -0.2) is 0 Å². The van der Waals surface area contributed by atoms with Crippen LogP contribution in [0.15, 0.2) is 146 Å². The molecule has 2 atom stereocenters. The van der Waals surface area contributed by atoms with Crippen LogP contribution in [0, 0.1) is 0 Å². The summed E-state index contributed by atoms with van der Waals surface area (Å²) in [6, 6.07) is 54.5. The predicted molar refractivity (Wildman–Crippen MR) is 195 cm³/mol. The van der Waals surface area contributed by atoms with Crippen LogP contribution in [0.5, 0.6) is 0 Å². The van der Waals surface area contributed by atoms with Crippen molar-refractivity contribution in [3.8, 4) is 0 Å². The normalized spacial score (nSPS) is 21.8. The highest BCUT2D eigenvalue weighted by molar-refractivity contribution is 5.86. The summed E-state index contributed by atoms with van der Waals surface area (Å²) in [6.45, 7) is 4.58. The predicted octanol–water partition coefficient (Wildman–Crippen LogP) is 10.9. The maximum Gasteiger partial charge on any atom is 0.0300 e. The highest BCUT2D eigenvalue weighted by atomic mass is 15.0. The molecule has 0 bridgehead atoms. The first-order valence-electron chi connectivity index (χ1n) is 17.2. The number of nitrogens with one attached hydrogen (secondary N) is 2. The van der Waals surface area contributed by atoms with E-state index in [1.165, 1.54) is 69.5 Å². The average Bonchev–Trinajstić information content (AvgIpc) is 3.08. The molecule has 0 aromatic heterocycles. The highest BCUT2D eigenvalue weighted by Gasteiger charge is 2.32. The number of rotatable bonds is 8. The van der Waals surface area contributed by atoms with Crippen LogP contribution >= 0.6 is 0 Å². The van der Waals surface area contributed by atoms with E-state index in [0.717, 1.165) is 11.8 Å². The summed E-state index contributed by atoms with van der Waals surface area (Å²) in [5, 5.41) is 13.0. The summed E-state index contributed by atoms with van der Waals surface area (Å²) in [4.78, 5) is 0. The van der Waals surface area contributed by atoms with Gasteiger partial charge in [0.2, 0.25) is 0 Å². The van der Waals surface area contributed by atoms with Gasteiger partial charge < -0.3 is 10.6 Å². The molecule has 0 aliphatic heterocycles. The first-order chi connectivity index (χ1) is 22.6. The Morgan fingerprint density at radius 2 is 0.761 bits per heavy atom. The van der Waals surface area contributed by atoms with E-state index < -0.39 is 0 Å². The van der Waals surface area contributed by atoms with Crippen molar-refractivity contribution in [3.05, 3.63) is 168 Å². The smallest absolute Gasteiger partial charge is 0.0300 e.